The Labute approximate surface area is 67.4 Å². The third-order valence-corrected chi connectivity index (χ3v) is 1.17. The first-order chi connectivity index (χ1) is 4.04. The Kier molecular flexibility index (Phi) is 3.86. The zero-order valence-corrected chi connectivity index (χ0v) is 6.48. The van der Waals surface area contributed by atoms with Crippen molar-refractivity contribution in [3.63, 3.8) is 0 Å². The van der Waals surface area contributed by atoms with Crippen LogP contribution in [0, 0.1) is 10.8 Å². The monoisotopic (exact) mass is 184 g/mol. The first-order valence-electron chi connectivity index (χ1n) is 1.89. The van der Waals surface area contributed by atoms with Gasteiger partial charge in [-0.25, -0.2) is 0 Å². The lowest BCUT2D eigenvalue weighted by molar-refractivity contribution is 1.54. The summed E-state index contributed by atoms with van der Waals surface area (Å²) in [5.74, 6) is 0. The van der Waals surface area contributed by atoms with Gasteiger partial charge in [0, 0.05) is 0 Å². The van der Waals surface area contributed by atoms with Gasteiger partial charge in [-0.1, -0.05) is 34.8 Å². The molecule has 0 radical (unpaired) electrons. The second-order valence-electron chi connectivity index (χ2n) is 1.15. The molecule has 0 aliphatic carbocycles. The summed E-state index contributed by atoms with van der Waals surface area (Å²) in [4.78, 5) is 0. The van der Waals surface area contributed by atoms with Crippen LogP contribution in [0.1, 0.15) is 0 Å². The molecule has 0 amide bonds. The van der Waals surface area contributed by atoms with Crippen molar-refractivity contribution in [3.05, 3.63) is 11.1 Å². The van der Waals surface area contributed by atoms with E-state index in [1.165, 1.54) is 0 Å². The Morgan fingerprint density at radius 2 is 1.56 bits per heavy atom. The van der Waals surface area contributed by atoms with Gasteiger partial charge in [-0.05, 0) is 6.08 Å². The number of hydrogen-bond donors (Lipinski definition) is 2. The minimum atomic E-state index is -0.318. The average molecular weight is 185 g/mol. The smallest absolute Gasteiger partial charge is 0.139 e. The molecule has 0 aliphatic heterocycles. The van der Waals surface area contributed by atoms with Crippen LogP contribution in [0.25, 0.3) is 0 Å². The van der Waals surface area contributed by atoms with Gasteiger partial charge in [0.05, 0.1) is 5.03 Å². The van der Waals surface area contributed by atoms with Crippen LogP contribution >= 0.6 is 34.8 Å². The maximum Gasteiger partial charge on any atom is 0.139 e. The molecule has 9 heavy (non-hydrogen) atoms. The second-order valence-corrected chi connectivity index (χ2v) is 2.35. The third kappa shape index (κ3) is 4.45. The summed E-state index contributed by atoms with van der Waals surface area (Å²) >= 11 is 15.5. The van der Waals surface area contributed by atoms with Crippen molar-refractivity contribution in [1.29, 1.82) is 10.8 Å². The van der Waals surface area contributed by atoms with E-state index in [9.17, 15) is 0 Å². The summed E-state index contributed by atoms with van der Waals surface area (Å²) in [7, 11) is 0. The molecule has 0 spiro atoms. The van der Waals surface area contributed by atoms with Crippen LogP contribution in [-0.2, 0) is 0 Å². The van der Waals surface area contributed by atoms with Crippen LogP contribution in [0.3, 0.4) is 0 Å². The molecule has 2 nitrogen and oxygen atoms in total. The lowest BCUT2D eigenvalue weighted by Crippen LogP contribution is -1.85. The third-order valence-electron chi connectivity index (χ3n) is 0.463. The molecule has 0 bridgehead atoms. The molecule has 0 aromatic carbocycles. The molecule has 0 saturated carbocycles. The molecular formula is C4H3Cl3N2. The molecule has 0 aromatic rings. The van der Waals surface area contributed by atoms with Crippen LogP contribution in [0.15, 0.2) is 11.1 Å². The molecule has 0 unspecified atom stereocenters. The van der Waals surface area contributed by atoms with Gasteiger partial charge in [-0.15, -0.1) is 0 Å². The number of rotatable bonds is 2. The van der Waals surface area contributed by atoms with Crippen molar-refractivity contribution in [2.45, 2.75) is 0 Å². The molecule has 2 N–H and O–H groups in total. The fourth-order valence-corrected chi connectivity index (χ4v) is 0.503. The van der Waals surface area contributed by atoms with Gasteiger partial charge < -0.3 is 0 Å². The highest BCUT2D eigenvalue weighted by Crippen LogP contribution is 2.06. The van der Waals surface area contributed by atoms with Gasteiger partial charge >= 0.3 is 0 Å². The summed E-state index contributed by atoms with van der Waals surface area (Å²) in [6.07, 6.45) is 1.08. The van der Waals surface area contributed by atoms with Crippen molar-refractivity contribution in [2.75, 3.05) is 0 Å². The summed E-state index contributed by atoms with van der Waals surface area (Å²) in [6.45, 7) is 0. The van der Waals surface area contributed by atoms with Crippen molar-refractivity contribution in [1.82, 2.24) is 0 Å². The minimum Gasteiger partial charge on any atom is -0.289 e. The van der Waals surface area contributed by atoms with Crippen molar-refractivity contribution < 1.29 is 0 Å². The molecule has 0 fully saturated rings. The molecule has 0 saturated heterocycles. The number of allylic oxidation sites excluding steroid dienone is 2. The maximum absolute atomic E-state index is 6.70. The van der Waals surface area contributed by atoms with E-state index < -0.39 is 0 Å². The van der Waals surface area contributed by atoms with E-state index in [0.29, 0.717) is 0 Å². The fraction of sp³-hybridized carbons (Fsp3) is 0. The van der Waals surface area contributed by atoms with E-state index in [4.69, 9.17) is 45.6 Å². The molecule has 0 aromatic heterocycles. The standard InChI is InChI=1S/C4H3Cl3N2/c5-2(4(7)9)1-3(6)8/h1,8-9H/b2-1+,8-3?,9-4?. The van der Waals surface area contributed by atoms with Crippen LogP contribution in [0.2, 0.25) is 0 Å². The normalized spacial score (nSPS) is 11.2. The summed E-state index contributed by atoms with van der Waals surface area (Å²) < 4.78 is 0. The number of halogens is 3. The molecular weight excluding hydrogens is 182 g/mol. The van der Waals surface area contributed by atoms with Crippen molar-refractivity contribution >= 4 is 45.1 Å². The van der Waals surface area contributed by atoms with Crippen LogP contribution in [-0.4, -0.2) is 10.3 Å². The molecule has 50 valence electrons. The fourth-order valence-electron chi connectivity index (χ4n) is 0.175. The quantitative estimate of drug-likeness (QED) is 0.621. The number of hydrogen-bond acceptors (Lipinski definition) is 2. The highest BCUT2D eigenvalue weighted by atomic mass is 35.5. The Hall–Kier alpha value is -0.0500. The average Bonchev–Trinajstić information content (AvgIpc) is 1.63. The maximum atomic E-state index is 6.70. The van der Waals surface area contributed by atoms with Gasteiger partial charge in [0.25, 0.3) is 0 Å². The molecule has 0 aliphatic rings. The predicted octanol–water partition coefficient (Wildman–Crippen LogP) is 2.54. The Morgan fingerprint density at radius 3 is 1.67 bits per heavy atom. The molecule has 0 atom stereocenters. The first-order valence-corrected chi connectivity index (χ1v) is 3.03. The van der Waals surface area contributed by atoms with Crippen LogP contribution in [0.5, 0.6) is 0 Å². The summed E-state index contributed by atoms with van der Waals surface area (Å²) in [6, 6.07) is 0. The minimum absolute atomic E-state index is 0.0309. The lowest BCUT2D eigenvalue weighted by atomic mass is 10.5. The zero-order chi connectivity index (χ0) is 7.44. The van der Waals surface area contributed by atoms with E-state index in [1.54, 1.807) is 0 Å². The summed E-state index contributed by atoms with van der Waals surface area (Å²) in [5, 5.41) is 12.8. The van der Waals surface area contributed by atoms with E-state index in [0.717, 1.165) is 6.08 Å². The predicted molar refractivity (Wildman–Crippen MR) is 41.1 cm³/mol. The summed E-state index contributed by atoms with van der Waals surface area (Å²) in [5.41, 5.74) is 0. The SMILES string of the molecule is N=C(Cl)/C=C(/Cl)C(=N)Cl. The van der Waals surface area contributed by atoms with E-state index in [-0.39, 0.29) is 15.4 Å². The molecule has 0 heterocycles. The highest BCUT2D eigenvalue weighted by Gasteiger charge is 1.96. The highest BCUT2D eigenvalue weighted by molar-refractivity contribution is 6.77. The van der Waals surface area contributed by atoms with Crippen LogP contribution < -0.4 is 0 Å². The molecule has 5 heteroatoms. The lowest BCUT2D eigenvalue weighted by Gasteiger charge is -1.87. The van der Waals surface area contributed by atoms with E-state index in [2.05, 4.69) is 0 Å². The van der Waals surface area contributed by atoms with Crippen molar-refractivity contribution in [3.8, 4) is 0 Å². The number of nitrogens with one attached hydrogen (secondary N) is 2. The largest absolute Gasteiger partial charge is 0.289 e. The van der Waals surface area contributed by atoms with Crippen LogP contribution in [0.4, 0.5) is 0 Å². The van der Waals surface area contributed by atoms with Gasteiger partial charge in [0.15, 0.2) is 0 Å². The van der Waals surface area contributed by atoms with Gasteiger partial charge in [0.1, 0.15) is 10.3 Å². The Balaban J connectivity index is 4.17. The second kappa shape index (κ2) is 3.88. The van der Waals surface area contributed by atoms with E-state index >= 15 is 0 Å². The molecule has 0 rings (SSSR count). The Morgan fingerprint density at radius 1 is 1.11 bits per heavy atom. The van der Waals surface area contributed by atoms with Gasteiger partial charge in [-0.3, -0.25) is 10.8 Å². The first kappa shape index (κ1) is 8.95. The van der Waals surface area contributed by atoms with Gasteiger partial charge in [-0.2, -0.15) is 0 Å². The van der Waals surface area contributed by atoms with Gasteiger partial charge in [0.2, 0.25) is 0 Å². The zero-order valence-electron chi connectivity index (χ0n) is 4.21. The van der Waals surface area contributed by atoms with Crippen molar-refractivity contribution in [2.24, 2.45) is 0 Å². The van der Waals surface area contributed by atoms with E-state index in [1.807, 2.05) is 0 Å². The Bertz CT molecular complexity index is 173. The topological polar surface area (TPSA) is 47.7 Å².